The molecule has 0 radical (unpaired) electrons. The largest absolute Gasteiger partial charge is 0.233 e. The Balaban J connectivity index is 2.55. The number of nitrogens with zero attached hydrogens (tertiary/aromatic N) is 2. The predicted molar refractivity (Wildman–Crippen MR) is 76.0 cm³/mol. The van der Waals surface area contributed by atoms with Gasteiger partial charge in [-0.3, -0.25) is 0 Å². The van der Waals surface area contributed by atoms with Crippen LogP contribution in [0.2, 0.25) is 0 Å². The zero-order valence-electron chi connectivity index (χ0n) is 10.4. The Morgan fingerprint density at radius 3 is 2.20 bits per heavy atom. The number of benzene rings is 1. The lowest BCUT2D eigenvalue weighted by molar-refractivity contribution is 0.589. The number of halogens is 1. The Morgan fingerprint density at radius 1 is 1.00 bits per heavy atom. The molecule has 0 fully saturated rings. The van der Waals surface area contributed by atoms with Gasteiger partial charge in [-0.1, -0.05) is 24.3 Å². The molecule has 0 aliphatic heterocycles. The average Bonchev–Trinajstić information content (AvgIpc) is 2.36. The second kappa shape index (κ2) is 5.27. The molecular weight excluding hydrogens is 324 g/mol. The Hall–Kier alpha value is -1.25. The van der Waals surface area contributed by atoms with Crippen LogP contribution in [0, 0.1) is 6.92 Å². The molecule has 0 spiro atoms. The molecule has 0 N–H and O–H groups in total. The van der Waals surface area contributed by atoms with Crippen molar-refractivity contribution in [2.24, 2.45) is 0 Å². The molecule has 1 heterocycles. The van der Waals surface area contributed by atoms with E-state index in [1.807, 2.05) is 0 Å². The van der Waals surface area contributed by atoms with Gasteiger partial charge in [0.25, 0.3) is 0 Å². The van der Waals surface area contributed by atoms with Gasteiger partial charge in [0.1, 0.15) is 0 Å². The van der Waals surface area contributed by atoms with Crippen LogP contribution in [0.4, 0.5) is 0 Å². The number of hydrogen-bond donors (Lipinski definition) is 0. The molecule has 0 atom stereocenters. The maximum atomic E-state index is 12.2. The first-order valence-corrected chi connectivity index (χ1v) is 9.71. The third-order valence-electron chi connectivity index (χ3n) is 2.73. The second-order valence-electron chi connectivity index (χ2n) is 4.20. The first-order chi connectivity index (χ1) is 9.21. The van der Waals surface area contributed by atoms with Crippen molar-refractivity contribution in [3.8, 4) is 0 Å². The van der Waals surface area contributed by atoms with Gasteiger partial charge in [0.15, 0.2) is 14.9 Å². The molecule has 0 saturated heterocycles. The SMILES string of the molecule is Cc1nnc(S(=O)(=O)CCS(=O)(=O)Cl)c2ccccc12. The molecule has 0 saturated carbocycles. The maximum Gasteiger partial charge on any atom is 0.233 e. The normalized spacial score (nSPS) is 12.7. The Kier molecular flexibility index (Phi) is 3.99. The van der Waals surface area contributed by atoms with Crippen molar-refractivity contribution in [2.45, 2.75) is 11.9 Å². The molecule has 0 unspecified atom stereocenters. The van der Waals surface area contributed by atoms with Gasteiger partial charge < -0.3 is 0 Å². The molecule has 0 aliphatic carbocycles. The minimum atomic E-state index is -3.88. The maximum absolute atomic E-state index is 12.2. The van der Waals surface area contributed by atoms with Crippen LogP contribution >= 0.6 is 10.7 Å². The van der Waals surface area contributed by atoms with Crippen LogP contribution in [0.5, 0.6) is 0 Å². The molecule has 1 aromatic heterocycles. The van der Waals surface area contributed by atoms with Gasteiger partial charge in [-0.05, 0) is 6.92 Å². The van der Waals surface area contributed by atoms with E-state index in [2.05, 4.69) is 10.2 Å². The summed E-state index contributed by atoms with van der Waals surface area (Å²) in [6.45, 7) is 1.72. The average molecular weight is 335 g/mol. The van der Waals surface area contributed by atoms with Crippen molar-refractivity contribution < 1.29 is 16.8 Å². The van der Waals surface area contributed by atoms with Crippen molar-refractivity contribution in [3.63, 3.8) is 0 Å². The minimum absolute atomic E-state index is 0.223. The zero-order chi connectivity index (χ0) is 15.0. The van der Waals surface area contributed by atoms with E-state index in [1.54, 1.807) is 31.2 Å². The molecule has 0 aliphatic rings. The fraction of sp³-hybridized carbons (Fsp3) is 0.273. The standard InChI is InChI=1S/C11H11ClN2O4S2/c1-8-9-4-2-3-5-10(9)11(14-13-8)19(15,16)6-7-20(12,17)18/h2-5H,6-7H2,1H3. The van der Waals surface area contributed by atoms with Crippen molar-refractivity contribution in [3.05, 3.63) is 30.0 Å². The first kappa shape index (κ1) is 15.1. The van der Waals surface area contributed by atoms with Crippen LogP contribution < -0.4 is 0 Å². The molecule has 108 valence electrons. The van der Waals surface area contributed by atoms with Gasteiger partial charge in [0, 0.05) is 21.5 Å². The summed E-state index contributed by atoms with van der Waals surface area (Å²) in [5.74, 6) is -1.29. The van der Waals surface area contributed by atoms with E-state index in [-0.39, 0.29) is 5.03 Å². The van der Waals surface area contributed by atoms with Gasteiger partial charge >= 0.3 is 0 Å². The van der Waals surface area contributed by atoms with Gasteiger partial charge in [0.2, 0.25) is 9.05 Å². The molecule has 20 heavy (non-hydrogen) atoms. The summed E-state index contributed by atoms with van der Waals surface area (Å²) in [6.07, 6.45) is 0. The van der Waals surface area contributed by atoms with E-state index in [0.717, 1.165) is 0 Å². The third-order valence-corrected chi connectivity index (χ3v) is 5.77. The lowest BCUT2D eigenvalue weighted by atomic mass is 10.1. The molecular formula is C11H11ClN2O4S2. The predicted octanol–water partition coefficient (Wildman–Crippen LogP) is 1.28. The van der Waals surface area contributed by atoms with Crippen LogP contribution in [0.25, 0.3) is 10.8 Å². The zero-order valence-corrected chi connectivity index (χ0v) is 12.8. The highest BCUT2D eigenvalue weighted by Gasteiger charge is 2.23. The topological polar surface area (TPSA) is 94.1 Å². The molecule has 9 heteroatoms. The highest BCUT2D eigenvalue weighted by Crippen LogP contribution is 2.23. The summed E-state index contributed by atoms with van der Waals surface area (Å²) in [5.41, 5.74) is 0.601. The van der Waals surface area contributed by atoms with Crippen molar-refractivity contribution >= 4 is 40.3 Å². The lowest BCUT2D eigenvalue weighted by Gasteiger charge is -2.07. The van der Waals surface area contributed by atoms with Crippen LogP contribution in [0.1, 0.15) is 5.69 Å². The highest BCUT2D eigenvalue weighted by atomic mass is 35.7. The number of sulfone groups is 1. The molecule has 6 nitrogen and oxygen atoms in total. The van der Waals surface area contributed by atoms with Crippen molar-refractivity contribution in [2.75, 3.05) is 11.5 Å². The van der Waals surface area contributed by atoms with Crippen molar-refractivity contribution in [1.82, 2.24) is 10.2 Å². The molecule has 0 amide bonds. The fourth-order valence-corrected chi connectivity index (χ4v) is 4.86. The Bertz CT molecular complexity index is 863. The van der Waals surface area contributed by atoms with Crippen molar-refractivity contribution in [1.29, 1.82) is 0 Å². The van der Waals surface area contributed by atoms with E-state index in [0.29, 0.717) is 16.5 Å². The summed E-state index contributed by atoms with van der Waals surface area (Å²) in [5, 5.41) is 8.37. The smallest absolute Gasteiger partial charge is 0.222 e. The monoisotopic (exact) mass is 334 g/mol. The molecule has 0 bridgehead atoms. The van der Waals surface area contributed by atoms with Crippen LogP contribution in [0.3, 0.4) is 0 Å². The summed E-state index contributed by atoms with van der Waals surface area (Å²) >= 11 is 0. The van der Waals surface area contributed by atoms with Gasteiger partial charge in [-0.25, -0.2) is 16.8 Å². The summed E-state index contributed by atoms with van der Waals surface area (Å²) in [6, 6.07) is 6.78. The second-order valence-corrected chi connectivity index (χ2v) is 9.12. The van der Waals surface area contributed by atoms with Crippen LogP contribution in [-0.4, -0.2) is 38.5 Å². The highest BCUT2D eigenvalue weighted by molar-refractivity contribution is 8.14. The Labute approximate surface area is 121 Å². The molecule has 1 aromatic carbocycles. The van der Waals surface area contributed by atoms with Crippen LogP contribution in [0.15, 0.2) is 29.3 Å². The molecule has 2 aromatic rings. The summed E-state index contributed by atoms with van der Waals surface area (Å²) < 4.78 is 46.1. The van der Waals surface area contributed by atoms with E-state index in [4.69, 9.17) is 10.7 Å². The summed E-state index contributed by atoms with van der Waals surface area (Å²) in [4.78, 5) is 0. The van der Waals surface area contributed by atoms with Crippen LogP contribution in [-0.2, 0) is 18.9 Å². The first-order valence-electron chi connectivity index (χ1n) is 5.58. The van der Waals surface area contributed by atoms with Gasteiger partial charge in [-0.2, -0.15) is 5.10 Å². The van der Waals surface area contributed by atoms with E-state index < -0.39 is 30.4 Å². The minimum Gasteiger partial charge on any atom is -0.222 e. The third kappa shape index (κ3) is 3.25. The number of rotatable bonds is 4. The number of aryl methyl sites for hydroxylation is 1. The Morgan fingerprint density at radius 2 is 1.60 bits per heavy atom. The van der Waals surface area contributed by atoms with Gasteiger partial charge in [-0.15, -0.1) is 5.10 Å². The number of aromatic nitrogens is 2. The summed E-state index contributed by atoms with van der Waals surface area (Å²) in [7, 11) is -2.71. The van der Waals surface area contributed by atoms with E-state index in [1.165, 1.54) is 0 Å². The van der Waals surface area contributed by atoms with E-state index in [9.17, 15) is 16.8 Å². The number of fused-ring (bicyclic) bond motifs is 1. The molecule has 2 rings (SSSR count). The van der Waals surface area contributed by atoms with E-state index >= 15 is 0 Å². The van der Waals surface area contributed by atoms with Gasteiger partial charge in [0.05, 0.1) is 17.2 Å². The quantitative estimate of drug-likeness (QED) is 0.782. The number of hydrogen-bond acceptors (Lipinski definition) is 6. The fourth-order valence-electron chi connectivity index (χ4n) is 1.75. The lowest BCUT2D eigenvalue weighted by Crippen LogP contribution is -2.16.